The third-order valence-electron chi connectivity index (χ3n) is 7.05. The van der Waals surface area contributed by atoms with Crippen molar-refractivity contribution < 1.29 is 14.3 Å². The maximum absolute atomic E-state index is 13.3. The first-order valence-corrected chi connectivity index (χ1v) is 12.9. The van der Waals surface area contributed by atoms with Crippen molar-refractivity contribution in [3.05, 3.63) is 101 Å². The van der Waals surface area contributed by atoms with E-state index in [1.165, 1.54) is 16.7 Å². The fraction of sp³-hybridized carbons (Fsp3) is 0.387. The Morgan fingerprint density at radius 3 is 2.36 bits per heavy atom. The van der Waals surface area contributed by atoms with E-state index >= 15 is 0 Å². The minimum atomic E-state index is -0.527. The van der Waals surface area contributed by atoms with Crippen LogP contribution in [0.25, 0.3) is 0 Å². The molecule has 36 heavy (non-hydrogen) atoms. The fourth-order valence-corrected chi connectivity index (χ4v) is 5.29. The zero-order chi connectivity index (χ0) is 25.1. The van der Waals surface area contributed by atoms with Gasteiger partial charge in [0.1, 0.15) is 18.0 Å². The van der Waals surface area contributed by atoms with E-state index < -0.39 is 5.60 Å². The number of fused-ring (bicyclic) bond motifs is 3. The van der Waals surface area contributed by atoms with Gasteiger partial charge in [-0.1, -0.05) is 66.7 Å². The lowest BCUT2D eigenvalue weighted by Crippen LogP contribution is -2.59. The van der Waals surface area contributed by atoms with Crippen molar-refractivity contribution in [1.29, 1.82) is 0 Å². The van der Waals surface area contributed by atoms with E-state index in [2.05, 4.69) is 53.4 Å². The molecule has 0 saturated carbocycles. The molecule has 0 aliphatic carbocycles. The van der Waals surface area contributed by atoms with E-state index in [9.17, 15) is 4.79 Å². The van der Waals surface area contributed by atoms with Gasteiger partial charge in [0.2, 0.25) is 0 Å². The first-order valence-electron chi connectivity index (χ1n) is 12.9. The van der Waals surface area contributed by atoms with Crippen LogP contribution in [0.4, 0.5) is 4.79 Å². The van der Waals surface area contributed by atoms with Crippen molar-refractivity contribution in [3.8, 4) is 5.75 Å². The Labute approximate surface area is 214 Å². The Bertz CT molecular complexity index is 1170. The van der Waals surface area contributed by atoms with Gasteiger partial charge in [-0.3, -0.25) is 4.90 Å². The second-order valence-corrected chi connectivity index (χ2v) is 10.9. The number of carbonyl (C=O) groups excluding carboxylic acids is 1. The van der Waals surface area contributed by atoms with Crippen LogP contribution in [0.1, 0.15) is 49.1 Å². The maximum Gasteiger partial charge on any atom is 0.410 e. The summed E-state index contributed by atoms with van der Waals surface area (Å²) in [6, 6.07) is 27.4. The van der Waals surface area contributed by atoms with Crippen molar-refractivity contribution in [2.75, 3.05) is 19.6 Å². The Morgan fingerprint density at radius 1 is 0.889 bits per heavy atom. The van der Waals surface area contributed by atoms with E-state index in [4.69, 9.17) is 9.47 Å². The van der Waals surface area contributed by atoms with Gasteiger partial charge in [0.25, 0.3) is 0 Å². The Kier molecular flexibility index (Phi) is 7.01. The molecule has 2 aliphatic rings. The molecule has 5 heteroatoms. The Balaban J connectivity index is 1.31. The summed E-state index contributed by atoms with van der Waals surface area (Å²) in [5, 5.41) is 0. The van der Waals surface area contributed by atoms with Gasteiger partial charge in [0, 0.05) is 19.6 Å². The number of nitrogens with zero attached hydrogens (tertiary/aromatic N) is 2. The highest BCUT2D eigenvalue weighted by atomic mass is 16.6. The van der Waals surface area contributed by atoms with E-state index in [1.54, 1.807) is 0 Å². The number of benzene rings is 3. The highest BCUT2D eigenvalue weighted by molar-refractivity contribution is 5.69. The van der Waals surface area contributed by atoms with Crippen LogP contribution in [0, 0.1) is 0 Å². The SMILES string of the molecule is CC(C)(C)OC(=O)N1C[C@H]2c3ccccc3CCN2C[C@@H]1Cc1ccc(OCc2ccccc2)cc1. The second-order valence-electron chi connectivity index (χ2n) is 10.9. The third kappa shape index (κ3) is 5.73. The van der Waals surface area contributed by atoms with Crippen LogP contribution < -0.4 is 4.74 Å². The molecule has 3 aromatic carbocycles. The summed E-state index contributed by atoms with van der Waals surface area (Å²) in [4.78, 5) is 17.9. The predicted molar refractivity (Wildman–Crippen MR) is 142 cm³/mol. The smallest absolute Gasteiger partial charge is 0.410 e. The quantitative estimate of drug-likeness (QED) is 0.444. The summed E-state index contributed by atoms with van der Waals surface area (Å²) in [6.07, 6.45) is 1.61. The van der Waals surface area contributed by atoms with E-state index in [-0.39, 0.29) is 18.2 Å². The van der Waals surface area contributed by atoms with Crippen molar-refractivity contribution in [2.45, 2.75) is 57.9 Å². The largest absolute Gasteiger partial charge is 0.489 e. The summed E-state index contributed by atoms with van der Waals surface area (Å²) >= 11 is 0. The molecule has 2 aliphatic heterocycles. The molecule has 0 N–H and O–H groups in total. The summed E-state index contributed by atoms with van der Waals surface area (Å²) in [5.74, 6) is 0.850. The predicted octanol–water partition coefficient (Wildman–Crippen LogP) is 6.03. The van der Waals surface area contributed by atoms with Crippen molar-refractivity contribution >= 4 is 6.09 Å². The van der Waals surface area contributed by atoms with Crippen LogP contribution in [-0.2, 0) is 24.2 Å². The van der Waals surface area contributed by atoms with Crippen LogP contribution >= 0.6 is 0 Å². The topological polar surface area (TPSA) is 42.0 Å². The monoisotopic (exact) mass is 484 g/mol. The summed E-state index contributed by atoms with van der Waals surface area (Å²) in [5.41, 5.74) is 4.55. The number of ether oxygens (including phenoxy) is 2. The van der Waals surface area contributed by atoms with E-state index in [1.807, 2.05) is 56.0 Å². The molecule has 5 nitrogen and oxygen atoms in total. The Morgan fingerprint density at radius 2 is 1.61 bits per heavy atom. The van der Waals surface area contributed by atoms with Crippen molar-refractivity contribution in [2.24, 2.45) is 0 Å². The lowest BCUT2D eigenvalue weighted by Gasteiger charge is -2.49. The van der Waals surface area contributed by atoms with Crippen LogP contribution in [0.15, 0.2) is 78.9 Å². The molecule has 1 saturated heterocycles. The van der Waals surface area contributed by atoms with Gasteiger partial charge >= 0.3 is 6.09 Å². The fourth-order valence-electron chi connectivity index (χ4n) is 5.29. The summed E-state index contributed by atoms with van der Waals surface area (Å²) in [6.45, 7) is 8.85. The highest BCUT2D eigenvalue weighted by Gasteiger charge is 2.40. The number of hydrogen-bond donors (Lipinski definition) is 0. The molecule has 0 bridgehead atoms. The molecular weight excluding hydrogens is 448 g/mol. The molecule has 5 rings (SSSR count). The number of carbonyl (C=O) groups is 1. The van der Waals surface area contributed by atoms with Crippen molar-refractivity contribution in [1.82, 2.24) is 9.80 Å². The van der Waals surface area contributed by atoms with Gasteiger partial charge in [-0.15, -0.1) is 0 Å². The molecule has 0 spiro atoms. The van der Waals surface area contributed by atoms with Crippen LogP contribution in [-0.4, -0.2) is 47.2 Å². The lowest BCUT2D eigenvalue weighted by atomic mass is 9.88. The number of rotatable bonds is 5. The summed E-state index contributed by atoms with van der Waals surface area (Å²) < 4.78 is 11.8. The Hall–Kier alpha value is -3.31. The van der Waals surface area contributed by atoms with E-state index in [0.29, 0.717) is 13.2 Å². The molecule has 3 aromatic rings. The van der Waals surface area contributed by atoms with Crippen LogP contribution in [0.2, 0.25) is 0 Å². The standard InChI is InChI=1S/C31H36N2O3/c1-31(2,3)36-30(34)33-21-29-28-12-8-7-11-25(28)17-18-32(29)20-26(33)19-23-13-15-27(16-14-23)35-22-24-9-5-4-6-10-24/h4-16,26,29H,17-22H2,1-3H3/t26-,29-/m0/s1. The van der Waals surface area contributed by atoms with Gasteiger partial charge in [0.15, 0.2) is 0 Å². The molecule has 2 heterocycles. The average molecular weight is 485 g/mol. The zero-order valence-electron chi connectivity index (χ0n) is 21.5. The molecule has 0 aromatic heterocycles. The molecule has 2 atom stereocenters. The van der Waals surface area contributed by atoms with Crippen LogP contribution in [0.3, 0.4) is 0 Å². The first kappa shape index (κ1) is 24.4. The zero-order valence-corrected chi connectivity index (χ0v) is 21.5. The molecule has 1 fully saturated rings. The molecule has 0 unspecified atom stereocenters. The van der Waals surface area contributed by atoms with Gasteiger partial charge < -0.3 is 14.4 Å². The van der Waals surface area contributed by atoms with Gasteiger partial charge in [-0.2, -0.15) is 0 Å². The van der Waals surface area contributed by atoms with Gasteiger partial charge in [0.05, 0.1) is 12.1 Å². The average Bonchev–Trinajstić information content (AvgIpc) is 2.87. The first-order chi connectivity index (χ1) is 17.4. The number of hydrogen-bond acceptors (Lipinski definition) is 4. The molecule has 0 radical (unpaired) electrons. The number of amides is 1. The van der Waals surface area contributed by atoms with Gasteiger partial charge in [-0.25, -0.2) is 4.79 Å². The van der Waals surface area contributed by atoms with E-state index in [0.717, 1.165) is 37.2 Å². The third-order valence-corrected chi connectivity index (χ3v) is 7.05. The molecule has 1 amide bonds. The van der Waals surface area contributed by atoms with Crippen LogP contribution in [0.5, 0.6) is 5.75 Å². The molecular formula is C31H36N2O3. The minimum absolute atomic E-state index is 0.0532. The molecule has 188 valence electrons. The second kappa shape index (κ2) is 10.4. The maximum atomic E-state index is 13.3. The number of piperazine rings is 1. The van der Waals surface area contributed by atoms with Gasteiger partial charge in [-0.05, 0) is 68.0 Å². The normalized spacial score (nSPS) is 19.8. The highest BCUT2D eigenvalue weighted by Crippen LogP contribution is 2.35. The van der Waals surface area contributed by atoms with Crippen molar-refractivity contribution in [3.63, 3.8) is 0 Å². The summed E-state index contributed by atoms with van der Waals surface area (Å²) in [7, 11) is 0. The minimum Gasteiger partial charge on any atom is -0.489 e. The lowest BCUT2D eigenvalue weighted by molar-refractivity contribution is -0.0184.